The molecule has 10 N–H and O–H groups in total. The Labute approximate surface area is 611 Å². The number of hydrogen-bond acceptors (Lipinski definition) is 22. The predicted octanol–water partition coefficient (Wildman–Crippen LogP) is 8.50. The van der Waals surface area contributed by atoms with Crippen molar-refractivity contribution in [1.82, 2.24) is 79.7 Å². The molecule has 4 atom stereocenters. The molecule has 0 unspecified atom stereocenters. The van der Waals surface area contributed by atoms with Gasteiger partial charge >= 0.3 is 0 Å². The number of rotatable bonds is 6. The third-order valence-electron chi connectivity index (χ3n) is 17.5. The van der Waals surface area contributed by atoms with E-state index in [0.29, 0.717) is 133 Å². The number of amides is 4. The van der Waals surface area contributed by atoms with Crippen molar-refractivity contribution < 1.29 is 70.3 Å². The molecule has 0 saturated carbocycles. The van der Waals surface area contributed by atoms with Gasteiger partial charge in [0.2, 0.25) is 0 Å². The van der Waals surface area contributed by atoms with Crippen molar-refractivity contribution in [3.8, 4) is 23.0 Å². The molecule has 8 bridgehead atoms. The minimum absolute atomic E-state index is 0.103. The van der Waals surface area contributed by atoms with Crippen LogP contribution in [0.15, 0.2) is 147 Å². The Bertz CT molecular complexity index is 5130. The molecule has 12 heterocycles. The van der Waals surface area contributed by atoms with Gasteiger partial charge in [0.1, 0.15) is 118 Å². The lowest BCUT2D eigenvalue weighted by atomic mass is 9.91. The van der Waals surface area contributed by atoms with Gasteiger partial charge in [0.15, 0.2) is 22.6 Å². The van der Waals surface area contributed by atoms with Crippen LogP contribution in [0.2, 0.25) is 0 Å². The highest BCUT2D eigenvalue weighted by atomic mass is 19.1. The Morgan fingerprint density at radius 3 is 1.05 bits per heavy atom. The SMILES string of the molecule is CC(C)(O)[C@H]1Nc2ccn3ncc(c3n2)C(=O)NCCOc2ccc(F)cc21.CC[C@H]1Nc2ccn3ncc(c3n2)C(=O)NCCOc2ccc(F)cc21.O=C1NCCOc2ccc(F)cc2[C@@H](CCF)Nc2ccn3ncc1c3n2.O=C1NCCOc2ccc(F)cc2[C@@H](CCO)Nc2ccn3ncc1c3n2. The van der Waals surface area contributed by atoms with E-state index in [2.05, 4.69) is 82.9 Å². The van der Waals surface area contributed by atoms with Gasteiger partial charge in [-0.05, 0) is 124 Å². The quantitative estimate of drug-likeness (QED) is 0.0697. The summed E-state index contributed by atoms with van der Waals surface area (Å²) in [6.07, 6.45) is 13.7. The first kappa shape index (κ1) is 73.5. The van der Waals surface area contributed by atoms with Crippen LogP contribution >= 0.6 is 0 Å². The number of halogens is 5. The lowest BCUT2D eigenvalue weighted by Crippen LogP contribution is -2.35. The summed E-state index contributed by atoms with van der Waals surface area (Å²) in [4.78, 5) is 67.5. The van der Waals surface area contributed by atoms with Gasteiger partial charge in [-0.15, -0.1) is 0 Å². The number of nitrogens with zero attached hydrogens (tertiary/aromatic N) is 12. The summed E-state index contributed by atoms with van der Waals surface area (Å²) in [7, 11) is 0. The Hall–Kier alpha value is -12.8. The smallest absolute Gasteiger partial charge is 0.256 e. The van der Waals surface area contributed by atoms with Gasteiger partial charge in [0, 0.05) is 60.1 Å². The maximum absolute atomic E-state index is 14.0. The molecule has 560 valence electrons. The second-order valence-corrected chi connectivity index (χ2v) is 25.4. The maximum atomic E-state index is 14.0. The van der Waals surface area contributed by atoms with Crippen LogP contribution in [-0.4, -0.2) is 164 Å². The average molecular weight is 1490 g/mol. The lowest BCUT2D eigenvalue weighted by molar-refractivity contribution is 0.0576. The van der Waals surface area contributed by atoms with E-state index in [1.54, 1.807) is 79.5 Å². The van der Waals surface area contributed by atoms with Gasteiger partial charge in [0.25, 0.3) is 23.6 Å². The zero-order chi connectivity index (χ0) is 75.6. The zero-order valence-corrected chi connectivity index (χ0v) is 58.3. The van der Waals surface area contributed by atoms with Crippen LogP contribution in [0.5, 0.6) is 23.0 Å². The van der Waals surface area contributed by atoms with Crippen molar-refractivity contribution in [2.45, 2.75) is 69.8 Å². The number of carbonyl (C=O) groups excluding carboxylic acids is 4. The molecule has 0 radical (unpaired) electrons. The zero-order valence-electron chi connectivity index (χ0n) is 58.3. The second-order valence-electron chi connectivity index (χ2n) is 25.4. The first-order valence-electron chi connectivity index (χ1n) is 34.4. The van der Waals surface area contributed by atoms with Crippen LogP contribution in [0.25, 0.3) is 22.6 Å². The fraction of sp³-hybridized carbons (Fsp3) is 0.288. The number of aliphatic hydroxyl groups excluding tert-OH is 1. The van der Waals surface area contributed by atoms with Gasteiger partial charge in [-0.1, -0.05) is 6.92 Å². The Balaban J connectivity index is 0.000000127. The highest BCUT2D eigenvalue weighted by Crippen LogP contribution is 2.38. The maximum Gasteiger partial charge on any atom is 0.256 e. The van der Waals surface area contributed by atoms with Crippen molar-refractivity contribution in [2.24, 2.45) is 0 Å². The van der Waals surface area contributed by atoms with Crippen molar-refractivity contribution in [1.29, 1.82) is 0 Å². The third-order valence-corrected chi connectivity index (χ3v) is 17.5. The number of ether oxygens (including phenoxy) is 4. The van der Waals surface area contributed by atoms with Crippen LogP contribution in [0.3, 0.4) is 0 Å². The van der Waals surface area contributed by atoms with Gasteiger partial charge in [-0.25, -0.2) is 55.6 Å². The summed E-state index contributed by atoms with van der Waals surface area (Å²) in [6, 6.07) is 21.8. The van der Waals surface area contributed by atoms with E-state index < -0.39 is 47.9 Å². The first-order chi connectivity index (χ1) is 52.3. The van der Waals surface area contributed by atoms with Crippen LogP contribution in [0.4, 0.5) is 45.2 Å². The molecule has 0 spiro atoms. The number of benzene rings is 4. The predicted molar refractivity (Wildman–Crippen MR) is 383 cm³/mol. The van der Waals surface area contributed by atoms with E-state index in [1.807, 2.05) is 6.92 Å². The summed E-state index contributed by atoms with van der Waals surface area (Å²) in [6.45, 7) is 6.45. The Kier molecular flexibility index (Phi) is 22.3. The summed E-state index contributed by atoms with van der Waals surface area (Å²) in [5.74, 6) is 0.974. The van der Waals surface area contributed by atoms with Crippen LogP contribution in [0.1, 0.15) is 128 Å². The fourth-order valence-electron chi connectivity index (χ4n) is 12.3. The number of carbonyl (C=O) groups is 4. The van der Waals surface area contributed by atoms with E-state index in [0.717, 1.165) is 0 Å². The fourth-order valence-corrected chi connectivity index (χ4v) is 12.3. The van der Waals surface area contributed by atoms with Gasteiger partial charge in [-0.2, -0.15) is 20.4 Å². The van der Waals surface area contributed by atoms with Crippen molar-refractivity contribution in [2.75, 3.05) is 87.2 Å². The normalized spacial score (nSPS) is 17.3. The summed E-state index contributed by atoms with van der Waals surface area (Å²) < 4.78 is 97.8. The minimum atomic E-state index is -1.27. The van der Waals surface area contributed by atoms with E-state index in [4.69, 9.17) is 18.9 Å². The van der Waals surface area contributed by atoms with E-state index >= 15 is 0 Å². The molecule has 0 fully saturated rings. The largest absolute Gasteiger partial charge is 0.491 e. The number of aliphatic hydroxyl groups is 2. The molecule has 4 amide bonds. The standard InChI is InChI=1S/C19H20FN5O3.C18H17F2N5O2.C18H18FN5O3.C18H18FN5O2/c1-19(2,27)16-12-9-11(20)3-4-14(12)28-8-6-21-18(26)13-10-22-25-7-5-15(23-16)24-17(13)25;19-5-3-14-12-9-11(20)1-2-15(12)27-8-6-21-18(26)13-10-22-25-7-4-16(23-14)24-17(13)25;19-11-1-2-15-12(9-11)14(4-7-25)22-16-3-6-24-17(23-16)13(10-21-24)18(26)20-5-8-27-15;1-2-14-12-9-11(19)3-4-15(12)26-8-6-20-18(25)13-10-21-24-7-5-16(22-14)23-17(13)24/h3-5,7,9-10,16,27H,6,8H2,1-2H3,(H,21,26)(H,23,24);1-2,4,7,9-10,14H,3,5-6,8H2,(H,21,26)(H,23,24);1-3,6,9-10,14,25H,4-5,7-8H2,(H,20,26)(H,22,23);3-5,7,9-10,14H,2,6,8H2,1H3,(H,20,25)(H,22,23)/t16-;3*14-/m0111/s1. The molecule has 0 saturated heterocycles. The highest BCUT2D eigenvalue weighted by molar-refractivity contribution is 6.01. The Morgan fingerprint density at radius 2 is 0.731 bits per heavy atom. The monoisotopic (exact) mass is 1480 g/mol. The van der Waals surface area contributed by atoms with Crippen LogP contribution < -0.4 is 61.5 Å². The van der Waals surface area contributed by atoms with E-state index in [1.165, 1.54) is 99.0 Å². The minimum Gasteiger partial charge on any atom is -0.491 e. The molecule has 0 aliphatic carbocycles. The molecule has 16 rings (SSSR count). The lowest BCUT2D eigenvalue weighted by Gasteiger charge is -2.32. The number of nitrogens with one attached hydrogen (secondary N) is 8. The topological polar surface area (TPSA) is 363 Å². The molecule has 12 aromatic rings. The summed E-state index contributed by atoms with van der Waals surface area (Å²) in [5.41, 5.74) is 3.96. The van der Waals surface area contributed by atoms with Crippen molar-refractivity contribution in [3.63, 3.8) is 0 Å². The van der Waals surface area contributed by atoms with Gasteiger partial charge in [-0.3, -0.25) is 23.6 Å². The summed E-state index contributed by atoms with van der Waals surface area (Å²) >= 11 is 0. The van der Waals surface area contributed by atoms with Gasteiger partial charge < -0.3 is 71.7 Å². The molecular weight excluding hydrogens is 1410 g/mol. The van der Waals surface area contributed by atoms with Crippen LogP contribution in [-0.2, 0) is 0 Å². The molecule has 4 aromatic carbocycles. The molecule has 4 aliphatic heterocycles. The molecule has 30 nitrogen and oxygen atoms in total. The molecule has 108 heavy (non-hydrogen) atoms. The van der Waals surface area contributed by atoms with Crippen molar-refractivity contribution in [3.05, 3.63) is 214 Å². The first-order valence-corrected chi connectivity index (χ1v) is 34.4. The Morgan fingerprint density at radius 1 is 0.435 bits per heavy atom. The molecule has 4 aliphatic rings. The molecule has 35 heteroatoms. The average Bonchev–Trinajstić information content (AvgIpc) is 1.29. The number of anilines is 4. The van der Waals surface area contributed by atoms with Crippen molar-refractivity contribution >= 4 is 69.5 Å². The molecular formula is C73H73F5N20O10. The summed E-state index contributed by atoms with van der Waals surface area (Å²) in [5, 5.41) is 60.6. The number of aromatic nitrogens is 12. The molecule has 8 aromatic heterocycles. The van der Waals surface area contributed by atoms with Gasteiger partial charge in [0.05, 0.1) is 87.4 Å². The number of alkyl halides is 1. The van der Waals surface area contributed by atoms with Crippen LogP contribution in [0, 0.1) is 23.3 Å². The van der Waals surface area contributed by atoms with E-state index in [-0.39, 0.29) is 94.6 Å². The number of hydrogen-bond donors (Lipinski definition) is 10. The van der Waals surface area contributed by atoms with E-state index in [9.17, 15) is 51.3 Å². The highest BCUT2D eigenvalue weighted by Gasteiger charge is 2.33. The third kappa shape index (κ3) is 16.8. The number of fused-ring (bicyclic) bond motifs is 8. The second kappa shape index (κ2) is 32.7.